The Labute approximate surface area is 137 Å². The van der Waals surface area contributed by atoms with Crippen LogP contribution in [0.5, 0.6) is 0 Å². The van der Waals surface area contributed by atoms with E-state index in [1.165, 1.54) is 24.1 Å². The summed E-state index contributed by atoms with van der Waals surface area (Å²) in [4.78, 5) is 1.31. The molecule has 0 saturated heterocycles. The summed E-state index contributed by atoms with van der Waals surface area (Å²) in [6, 6.07) is 16.7. The fourth-order valence-corrected chi connectivity index (χ4v) is 2.64. The second kappa shape index (κ2) is 5.83. The van der Waals surface area contributed by atoms with E-state index in [2.05, 4.69) is 5.10 Å². The summed E-state index contributed by atoms with van der Waals surface area (Å²) in [5.74, 6) is 0.355. The van der Waals surface area contributed by atoms with Crippen molar-refractivity contribution >= 4 is 11.5 Å². The first-order valence-corrected chi connectivity index (χ1v) is 7.32. The average Bonchev–Trinajstić information content (AvgIpc) is 2.55. The summed E-state index contributed by atoms with van der Waals surface area (Å²) in [6.07, 6.45) is -4.87. The quantitative estimate of drug-likeness (QED) is 0.917. The first-order chi connectivity index (χ1) is 11.3. The summed E-state index contributed by atoms with van der Waals surface area (Å²) < 4.78 is 40.7. The summed E-state index contributed by atoms with van der Waals surface area (Å²) in [5.41, 5.74) is -2.27. The molecule has 4 nitrogen and oxygen atoms in total. The van der Waals surface area contributed by atoms with Crippen molar-refractivity contribution in [3.05, 3.63) is 66.2 Å². The molecule has 7 heteroatoms. The molecule has 3 rings (SSSR count). The highest BCUT2D eigenvalue weighted by Crippen LogP contribution is 2.39. The van der Waals surface area contributed by atoms with E-state index in [4.69, 9.17) is 0 Å². The number of para-hydroxylation sites is 1. The van der Waals surface area contributed by atoms with E-state index in [0.29, 0.717) is 16.4 Å². The van der Waals surface area contributed by atoms with Crippen LogP contribution in [0.25, 0.3) is 0 Å². The fraction of sp³-hybridized carbons (Fsp3) is 0.235. The second-order valence-electron chi connectivity index (χ2n) is 5.61. The molecule has 0 spiro atoms. The van der Waals surface area contributed by atoms with Gasteiger partial charge >= 0.3 is 6.18 Å². The molecule has 1 heterocycles. The van der Waals surface area contributed by atoms with Crippen LogP contribution in [-0.4, -0.2) is 41.3 Å². The number of hydrogen-bond donors (Lipinski definition) is 1. The van der Waals surface area contributed by atoms with Crippen LogP contribution in [0.3, 0.4) is 0 Å². The van der Waals surface area contributed by atoms with Crippen LogP contribution in [0.15, 0.2) is 65.8 Å². The van der Waals surface area contributed by atoms with Gasteiger partial charge in [0.1, 0.15) is 0 Å². The maximum absolute atomic E-state index is 13.6. The molecule has 0 fully saturated rings. The molecule has 0 aromatic heterocycles. The second-order valence-corrected chi connectivity index (χ2v) is 5.61. The van der Waals surface area contributed by atoms with Crippen LogP contribution < -0.4 is 5.01 Å². The molecule has 1 N–H and O–H groups in total. The summed E-state index contributed by atoms with van der Waals surface area (Å²) in [5, 5.41) is 15.2. The van der Waals surface area contributed by atoms with Crippen LogP contribution in [0.4, 0.5) is 18.9 Å². The zero-order valence-electron chi connectivity index (χ0n) is 12.9. The van der Waals surface area contributed by atoms with E-state index in [9.17, 15) is 18.3 Å². The molecule has 0 amide bonds. The molecular formula is C17H16F3N3O. The molecule has 2 aromatic carbocycles. The van der Waals surface area contributed by atoms with Gasteiger partial charge in [0.25, 0.3) is 5.72 Å². The number of amidine groups is 1. The zero-order chi connectivity index (χ0) is 17.4. The van der Waals surface area contributed by atoms with Crippen molar-refractivity contribution in [2.75, 3.05) is 18.6 Å². The SMILES string of the molecule is CN1CC(O)(C(F)(F)F)N(c2ccccc2)N=C1c1ccccc1. The Kier molecular flexibility index (Phi) is 3.96. The van der Waals surface area contributed by atoms with Crippen molar-refractivity contribution < 1.29 is 18.3 Å². The van der Waals surface area contributed by atoms with E-state index in [1.807, 2.05) is 6.07 Å². The zero-order valence-corrected chi connectivity index (χ0v) is 12.9. The maximum Gasteiger partial charge on any atom is 0.440 e. The highest BCUT2D eigenvalue weighted by molar-refractivity contribution is 5.99. The van der Waals surface area contributed by atoms with Gasteiger partial charge in [-0.15, -0.1) is 0 Å². The van der Waals surface area contributed by atoms with Crippen molar-refractivity contribution in [2.45, 2.75) is 11.9 Å². The minimum Gasteiger partial charge on any atom is -0.361 e. The average molecular weight is 335 g/mol. The number of β-amino-alcohol motifs (C(OH)–C–C–N with tert-alkyl or cyclic N) is 1. The van der Waals surface area contributed by atoms with E-state index in [1.54, 1.807) is 42.5 Å². The molecule has 0 bridgehead atoms. The van der Waals surface area contributed by atoms with Gasteiger partial charge in [-0.1, -0.05) is 48.5 Å². The molecular weight excluding hydrogens is 319 g/mol. The molecule has 2 aromatic rings. The van der Waals surface area contributed by atoms with Crippen LogP contribution in [-0.2, 0) is 0 Å². The number of aliphatic hydroxyl groups is 1. The van der Waals surface area contributed by atoms with Gasteiger partial charge in [0, 0.05) is 12.6 Å². The molecule has 1 unspecified atom stereocenters. The van der Waals surface area contributed by atoms with Crippen LogP contribution in [0, 0.1) is 0 Å². The third-order valence-electron chi connectivity index (χ3n) is 3.85. The van der Waals surface area contributed by atoms with Gasteiger partial charge in [-0.3, -0.25) is 0 Å². The van der Waals surface area contributed by atoms with Gasteiger partial charge in [0.15, 0.2) is 5.84 Å². The smallest absolute Gasteiger partial charge is 0.361 e. The van der Waals surface area contributed by atoms with E-state index in [-0.39, 0.29) is 5.69 Å². The Bertz CT molecular complexity index is 734. The lowest BCUT2D eigenvalue weighted by Gasteiger charge is -2.45. The number of benzene rings is 2. The fourth-order valence-electron chi connectivity index (χ4n) is 2.64. The van der Waals surface area contributed by atoms with Crippen molar-refractivity contribution in [3.63, 3.8) is 0 Å². The summed E-state index contributed by atoms with van der Waals surface area (Å²) >= 11 is 0. The van der Waals surface area contributed by atoms with Gasteiger partial charge in [-0.05, 0) is 12.1 Å². The Hall–Kier alpha value is -2.54. The summed E-state index contributed by atoms with van der Waals surface area (Å²) in [7, 11) is 1.48. The normalized spacial score (nSPS) is 21.6. The molecule has 24 heavy (non-hydrogen) atoms. The van der Waals surface area contributed by atoms with E-state index in [0.717, 1.165) is 0 Å². The molecule has 1 atom stereocenters. The molecule has 1 aliphatic heterocycles. The number of hydrogen-bond acceptors (Lipinski definition) is 4. The Morgan fingerprint density at radius 3 is 2.08 bits per heavy atom. The molecule has 126 valence electrons. The van der Waals surface area contributed by atoms with Gasteiger partial charge in [-0.2, -0.15) is 18.3 Å². The highest BCUT2D eigenvalue weighted by Gasteiger charge is 2.61. The number of rotatable bonds is 2. The Balaban J connectivity index is 2.15. The molecule has 0 saturated carbocycles. The van der Waals surface area contributed by atoms with Gasteiger partial charge in [0.2, 0.25) is 0 Å². The largest absolute Gasteiger partial charge is 0.440 e. The predicted molar refractivity (Wildman–Crippen MR) is 85.5 cm³/mol. The van der Waals surface area contributed by atoms with Crippen LogP contribution in [0.1, 0.15) is 5.56 Å². The van der Waals surface area contributed by atoms with Crippen LogP contribution in [0.2, 0.25) is 0 Å². The minimum absolute atomic E-state index is 0.166. The number of hydrazone groups is 1. The topological polar surface area (TPSA) is 39.1 Å². The first-order valence-electron chi connectivity index (χ1n) is 7.32. The van der Waals surface area contributed by atoms with Crippen molar-refractivity contribution in [1.82, 2.24) is 4.90 Å². The third-order valence-corrected chi connectivity index (χ3v) is 3.85. The number of alkyl halides is 3. The lowest BCUT2D eigenvalue weighted by Crippen LogP contribution is -2.66. The number of nitrogens with zero attached hydrogens (tertiary/aromatic N) is 3. The lowest BCUT2D eigenvalue weighted by atomic mass is 10.1. The van der Waals surface area contributed by atoms with Gasteiger partial charge in [0.05, 0.1) is 12.2 Å². The minimum atomic E-state index is -4.87. The lowest BCUT2D eigenvalue weighted by molar-refractivity contribution is -0.263. The Morgan fingerprint density at radius 1 is 1.00 bits per heavy atom. The Morgan fingerprint density at radius 2 is 1.54 bits per heavy atom. The van der Waals surface area contributed by atoms with E-state index < -0.39 is 18.4 Å². The monoisotopic (exact) mass is 335 g/mol. The molecule has 1 aliphatic rings. The predicted octanol–water partition coefficient (Wildman–Crippen LogP) is 3.05. The van der Waals surface area contributed by atoms with Gasteiger partial charge in [-0.25, -0.2) is 5.01 Å². The molecule has 0 radical (unpaired) electrons. The van der Waals surface area contributed by atoms with Gasteiger partial charge < -0.3 is 10.0 Å². The standard InChI is InChI=1S/C17H16F3N3O/c1-22-12-16(24,17(18,19)20)23(14-10-6-3-7-11-14)21-15(22)13-8-4-2-5-9-13/h2-11,24H,12H2,1H3. The van der Waals surface area contributed by atoms with E-state index >= 15 is 0 Å². The van der Waals surface area contributed by atoms with Crippen LogP contribution >= 0.6 is 0 Å². The third kappa shape index (κ3) is 2.71. The van der Waals surface area contributed by atoms with Crippen molar-refractivity contribution in [2.24, 2.45) is 5.10 Å². The van der Waals surface area contributed by atoms with Crippen molar-refractivity contribution in [3.8, 4) is 0 Å². The number of likely N-dealkylation sites (N-methyl/N-ethyl adjacent to an activating group) is 1. The number of halogens is 3. The highest BCUT2D eigenvalue weighted by atomic mass is 19.4. The summed E-state index contributed by atoms with van der Waals surface area (Å²) in [6.45, 7) is -0.654. The molecule has 0 aliphatic carbocycles. The first kappa shape index (κ1) is 16.3. The number of anilines is 1. The maximum atomic E-state index is 13.6. The van der Waals surface area contributed by atoms with Crippen molar-refractivity contribution in [1.29, 1.82) is 0 Å².